The zero-order valence-corrected chi connectivity index (χ0v) is 11.7. The fourth-order valence-electron chi connectivity index (χ4n) is 2.15. The molecule has 102 valence electrons. The Morgan fingerprint density at radius 1 is 1.37 bits per heavy atom. The van der Waals surface area contributed by atoms with Crippen LogP contribution in [0, 0.1) is 5.92 Å². The summed E-state index contributed by atoms with van der Waals surface area (Å²) in [5.41, 5.74) is 0.998. The quantitative estimate of drug-likeness (QED) is 0.886. The second-order valence-electron chi connectivity index (χ2n) is 4.97. The lowest BCUT2D eigenvalue weighted by molar-refractivity contribution is -0.143. The molecule has 0 aromatic heterocycles. The topological polar surface area (TPSA) is 66.4 Å². The molecule has 0 spiro atoms. The number of fused-ring (bicyclic) bond motifs is 1. The van der Waals surface area contributed by atoms with E-state index in [-0.39, 0.29) is 17.7 Å². The summed E-state index contributed by atoms with van der Waals surface area (Å²) in [5, 5.41) is 11.8. The van der Waals surface area contributed by atoms with Crippen LogP contribution >= 0.6 is 11.8 Å². The first kappa shape index (κ1) is 13.9. The zero-order chi connectivity index (χ0) is 14.0. The highest BCUT2D eigenvalue weighted by atomic mass is 32.2. The summed E-state index contributed by atoms with van der Waals surface area (Å²) in [6, 6.07) is 6.95. The van der Waals surface area contributed by atoms with E-state index in [1.54, 1.807) is 25.6 Å². The van der Waals surface area contributed by atoms with Crippen LogP contribution in [0.2, 0.25) is 0 Å². The van der Waals surface area contributed by atoms with E-state index < -0.39 is 12.0 Å². The van der Waals surface area contributed by atoms with E-state index in [2.05, 4.69) is 5.32 Å². The average molecular weight is 279 g/mol. The monoisotopic (exact) mass is 279 g/mol. The Bertz CT molecular complexity index is 501. The number of aliphatic carboxylic acids is 1. The predicted octanol–water partition coefficient (Wildman–Crippen LogP) is 2.10. The third-order valence-electron chi connectivity index (χ3n) is 3.25. The molecule has 0 saturated carbocycles. The van der Waals surface area contributed by atoms with E-state index in [0.717, 1.165) is 10.5 Å². The van der Waals surface area contributed by atoms with Gasteiger partial charge in [0.05, 0.1) is 5.92 Å². The number of carbonyl (C=O) groups excluding carboxylic acids is 1. The van der Waals surface area contributed by atoms with Gasteiger partial charge in [-0.3, -0.25) is 4.79 Å². The van der Waals surface area contributed by atoms with Gasteiger partial charge in [0.1, 0.15) is 6.04 Å². The van der Waals surface area contributed by atoms with Crippen molar-refractivity contribution in [3.8, 4) is 0 Å². The van der Waals surface area contributed by atoms with Crippen LogP contribution in [0.1, 0.15) is 25.3 Å². The highest BCUT2D eigenvalue weighted by molar-refractivity contribution is 7.99. The number of carboxylic acids is 1. The maximum atomic E-state index is 12.2. The van der Waals surface area contributed by atoms with Crippen LogP contribution in [0.5, 0.6) is 0 Å². The summed E-state index contributed by atoms with van der Waals surface area (Å²) in [6.07, 6.45) is 0. The van der Waals surface area contributed by atoms with E-state index >= 15 is 0 Å². The summed E-state index contributed by atoms with van der Waals surface area (Å²) in [5.74, 6) is -0.885. The standard InChI is InChI=1S/C14H17NO3S/c1-8(2)12(14(17)18)15-13(16)10-7-19-11-6-4-3-5-9(10)11/h3-6,8,10,12H,7H2,1-2H3,(H,15,16)(H,17,18). The fraction of sp³-hybridized carbons (Fsp3) is 0.429. The van der Waals surface area contributed by atoms with Gasteiger partial charge < -0.3 is 10.4 Å². The van der Waals surface area contributed by atoms with Gasteiger partial charge in [-0.25, -0.2) is 4.79 Å². The molecule has 1 amide bonds. The summed E-state index contributed by atoms with van der Waals surface area (Å²) in [6.45, 7) is 3.58. The molecule has 2 rings (SSSR count). The van der Waals surface area contributed by atoms with Crippen LogP contribution in [-0.4, -0.2) is 28.8 Å². The van der Waals surface area contributed by atoms with Gasteiger partial charge >= 0.3 is 5.97 Å². The van der Waals surface area contributed by atoms with E-state index in [0.29, 0.717) is 5.75 Å². The molecule has 2 unspecified atom stereocenters. The van der Waals surface area contributed by atoms with Gasteiger partial charge in [0, 0.05) is 10.6 Å². The Hall–Kier alpha value is -1.49. The lowest BCUT2D eigenvalue weighted by atomic mass is 9.98. The lowest BCUT2D eigenvalue weighted by Crippen LogP contribution is -2.46. The summed E-state index contributed by atoms with van der Waals surface area (Å²) < 4.78 is 0. The van der Waals surface area contributed by atoms with Crippen molar-refractivity contribution in [3.63, 3.8) is 0 Å². The zero-order valence-electron chi connectivity index (χ0n) is 10.9. The van der Waals surface area contributed by atoms with Crippen molar-refractivity contribution in [2.24, 2.45) is 5.92 Å². The van der Waals surface area contributed by atoms with Crippen molar-refractivity contribution in [1.29, 1.82) is 0 Å². The van der Waals surface area contributed by atoms with E-state index in [1.807, 2.05) is 24.3 Å². The van der Waals surface area contributed by atoms with Gasteiger partial charge in [0.2, 0.25) is 5.91 Å². The highest BCUT2D eigenvalue weighted by Gasteiger charge is 2.32. The molecule has 2 N–H and O–H groups in total. The maximum Gasteiger partial charge on any atom is 0.326 e. The molecule has 19 heavy (non-hydrogen) atoms. The molecular formula is C14H17NO3S. The summed E-state index contributed by atoms with van der Waals surface area (Å²) >= 11 is 1.64. The van der Waals surface area contributed by atoms with Crippen LogP contribution in [-0.2, 0) is 9.59 Å². The van der Waals surface area contributed by atoms with Crippen molar-refractivity contribution < 1.29 is 14.7 Å². The van der Waals surface area contributed by atoms with Crippen molar-refractivity contribution in [2.75, 3.05) is 5.75 Å². The second-order valence-corrected chi connectivity index (χ2v) is 6.03. The molecule has 1 aliphatic rings. The average Bonchev–Trinajstić information content (AvgIpc) is 2.78. The van der Waals surface area contributed by atoms with Crippen LogP contribution in [0.3, 0.4) is 0 Å². The number of carboxylic acid groups (broad SMARTS) is 1. The highest BCUT2D eigenvalue weighted by Crippen LogP contribution is 2.39. The SMILES string of the molecule is CC(C)C(NC(=O)C1CSc2ccccc21)C(=O)O. The Labute approximate surface area is 116 Å². The number of nitrogens with one attached hydrogen (secondary N) is 1. The molecule has 1 heterocycles. The number of benzene rings is 1. The molecule has 0 saturated heterocycles. The summed E-state index contributed by atoms with van der Waals surface area (Å²) in [7, 11) is 0. The van der Waals surface area contributed by atoms with Crippen molar-refractivity contribution in [3.05, 3.63) is 29.8 Å². The van der Waals surface area contributed by atoms with E-state index in [9.17, 15) is 9.59 Å². The van der Waals surface area contributed by atoms with Gasteiger partial charge in [0.15, 0.2) is 0 Å². The molecule has 4 nitrogen and oxygen atoms in total. The maximum absolute atomic E-state index is 12.2. The van der Waals surface area contributed by atoms with Crippen LogP contribution in [0.4, 0.5) is 0 Å². The van der Waals surface area contributed by atoms with Gasteiger partial charge in [-0.05, 0) is 17.5 Å². The third-order valence-corrected chi connectivity index (χ3v) is 4.43. The smallest absolute Gasteiger partial charge is 0.326 e. The van der Waals surface area contributed by atoms with Gasteiger partial charge in [-0.2, -0.15) is 0 Å². The largest absolute Gasteiger partial charge is 0.480 e. The lowest BCUT2D eigenvalue weighted by Gasteiger charge is -2.20. The summed E-state index contributed by atoms with van der Waals surface area (Å²) in [4.78, 5) is 24.5. The molecule has 0 aliphatic carbocycles. The van der Waals surface area contributed by atoms with Crippen molar-refractivity contribution in [1.82, 2.24) is 5.32 Å². The van der Waals surface area contributed by atoms with E-state index in [4.69, 9.17) is 5.11 Å². The third kappa shape index (κ3) is 2.92. The number of hydrogen-bond acceptors (Lipinski definition) is 3. The fourth-order valence-corrected chi connectivity index (χ4v) is 3.38. The van der Waals surface area contributed by atoms with Gasteiger partial charge in [0.25, 0.3) is 0 Å². The number of rotatable bonds is 4. The van der Waals surface area contributed by atoms with Crippen LogP contribution in [0.15, 0.2) is 29.2 Å². The molecule has 1 aliphatic heterocycles. The molecule has 2 atom stereocenters. The molecule has 5 heteroatoms. The van der Waals surface area contributed by atoms with Gasteiger partial charge in [-0.1, -0.05) is 32.0 Å². The predicted molar refractivity (Wildman–Crippen MR) is 74.3 cm³/mol. The molecular weight excluding hydrogens is 262 g/mol. The molecule has 0 fully saturated rings. The second kappa shape index (κ2) is 5.65. The number of thioether (sulfide) groups is 1. The minimum absolute atomic E-state index is 0.134. The Morgan fingerprint density at radius 2 is 2.05 bits per heavy atom. The first-order chi connectivity index (χ1) is 9.00. The molecule has 0 bridgehead atoms. The number of hydrogen-bond donors (Lipinski definition) is 2. The van der Waals surface area contributed by atoms with Crippen molar-refractivity contribution >= 4 is 23.6 Å². The normalized spacial score (nSPS) is 19.0. The Balaban J connectivity index is 2.12. The minimum Gasteiger partial charge on any atom is -0.480 e. The first-order valence-corrected chi connectivity index (χ1v) is 7.24. The molecule has 0 radical (unpaired) electrons. The Morgan fingerprint density at radius 3 is 2.68 bits per heavy atom. The van der Waals surface area contributed by atoms with E-state index in [1.165, 1.54) is 0 Å². The van der Waals surface area contributed by atoms with Crippen molar-refractivity contribution in [2.45, 2.75) is 30.7 Å². The van der Waals surface area contributed by atoms with Crippen LogP contribution in [0.25, 0.3) is 0 Å². The number of carbonyl (C=O) groups is 2. The molecule has 1 aromatic rings. The number of amides is 1. The minimum atomic E-state index is -0.984. The Kier molecular flexibility index (Phi) is 4.14. The van der Waals surface area contributed by atoms with Gasteiger partial charge in [-0.15, -0.1) is 11.8 Å². The molecule has 1 aromatic carbocycles. The first-order valence-electron chi connectivity index (χ1n) is 6.25. The van der Waals surface area contributed by atoms with Crippen LogP contribution < -0.4 is 5.32 Å².